The molecule has 2 aliphatic heterocycles. The van der Waals surface area contributed by atoms with E-state index in [0.717, 1.165) is 31.6 Å². The number of aliphatic hydroxyl groups is 1. The van der Waals surface area contributed by atoms with Crippen LogP contribution in [0.4, 0.5) is 11.4 Å². The van der Waals surface area contributed by atoms with Gasteiger partial charge in [-0.2, -0.15) is 0 Å². The number of rotatable bonds is 6. The Bertz CT molecular complexity index is 1050. The Balaban J connectivity index is 1.78. The Hall–Kier alpha value is -3.27. The van der Waals surface area contributed by atoms with Gasteiger partial charge in [0.25, 0.3) is 5.91 Å². The average Bonchev–Trinajstić information content (AvgIpc) is 3.42. The number of amides is 1. The lowest BCUT2D eigenvalue weighted by Crippen LogP contribution is -2.31. The van der Waals surface area contributed by atoms with Gasteiger partial charge in [0, 0.05) is 19.6 Å². The number of aromatic amines is 2. The molecule has 0 spiro atoms. The fourth-order valence-corrected chi connectivity index (χ4v) is 3.87. The van der Waals surface area contributed by atoms with E-state index in [1.807, 2.05) is 6.07 Å². The van der Waals surface area contributed by atoms with Crippen molar-refractivity contribution in [3.8, 4) is 0 Å². The maximum Gasteiger partial charge on any atom is 0.337 e. The number of ether oxygens (including phenoxy) is 1. The highest BCUT2D eigenvalue weighted by atomic mass is 16.5. The van der Waals surface area contributed by atoms with Crippen molar-refractivity contribution in [3.05, 3.63) is 33.9 Å². The van der Waals surface area contributed by atoms with E-state index in [0.29, 0.717) is 16.7 Å². The van der Waals surface area contributed by atoms with Gasteiger partial charge < -0.3 is 34.9 Å². The summed E-state index contributed by atoms with van der Waals surface area (Å²) in [6, 6.07) is 3.62. The van der Waals surface area contributed by atoms with Gasteiger partial charge in [0.15, 0.2) is 0 Å². The molecule has 1 amide bonds. The predicted molar refractivity (Wildman–Crippen MR) is 107 cm³/mol. The van der Waals surface area contributed by atoms with Crippen LogP contribution < -0.4 is 15.9 Å². The molecule has 1 aromatic heterocycles. The Morgan fingerprint density at radius 3 is 2.55 bits per heavy atom. The minimum atomic E-state index is -0.597. The van der Waals surface area contributed by atoms with Gasteiger partial charge in [0.1, 0.15) is 5.70 Å². The monoisotopic (exact) mass is 401 g/mol. The van der Waals surface area contributed by atoms with Crippen molar-refractivity contribution in [1.29, 1.82) is 0 Å². The summed E-state index contributed by atoms with van der Waals surface area (Å²) in [6.45, 7) is 1.71. The molecular weight excluding hydrogens is 378 g/mol. The molecule has 10 heteroatoms. The molecule has 0 atom stereocenters. The first-order chi connectivity index (χ1) is 14.0. The number of hydrogen-bond donors (Lipinski definition) is 4. The van der Waals surface area contributed by atoms with Crippen molar-refractivity contribution in [2.45, 2.75) is 12.8 Å². The number of carbonyl (C=O) groups excluding carboxylic acids is 2. The molecule has 4 rings (SSSR count). The third-order valence-corrected chi connectivity index (χ3v) is 5.29. The molecule has 2 aliphatic rings. The Kier molecular flexibility index (Phi) is 5.01. The molecule has 1 fully saturated rings. The molecule has 1 aromatic carbocycles. The van der Waals surface area contributed by atoms with Crippen LogP contribution in [-0.2, 0) is 14.3 Å². The molecule has 0 unspecified atom stereocenters. The number of methoxy groups -OCH3 is 1. The van der Waals surface area contributed by atoms with E-state index in [4.69, 9.17) is 4.74 Å². The van der Waals surface area contributed by atoms with Crippen LogP contribution in [0.15, 0.2) is 28.2 Å². The molecule has 4 N–H and O–H groups in total. The van der Waals surface area contributed by atoms with Crippen LogP contribution in [0.25, 0.3) is 11.0 Å². The Morgan fingerprint density at radius 2 is 1.90 bits per heavy atom. The highest BCUT2D eigenvalue weighted by Gasteiger charge is 2.35. The molecule has 3 heterocycles. The third kappa shape index (κ3) is 3.46. The standard InChI is InChI=1S/C19H23N5O5/c1-29-18(27)11-10-24(6-7-25)17(26)16(11)20-14-8-12-13(22-19(28)21-12)9-15(14)23-4-2-3-5-23/h8-9,20,25H,2-7,10H2,1H3,(H2,21,22,28). The number of nitrogens with zero attached hydrogens (tertiary/aromatic N) is 2. The van der Waals surface area contributed by atoms with Crippen LogP contribution in [0.1, 0.15) is 12.8 Å². The smallest absolute Gasteiger partial charge is 0.337 e. The van der Waals surface area contributed by atoms with Crippen LogP contribution in [0.5, 0.6) is 0 Å². The summed E-state index contributed by atoms with van der Waals surface area (Å²) in [7, 11) is 1.26. The number of β-amino-alcohol motifs (C(OH)–C–C–N with tert-alkyl or cyclic N) is 1. The summed E-state index contributed by atoms with van der Waals surface area (Å²) in [4.78, 5) is 45.9. The summed E-state index contributed by atoms with van der Waals surface area (Å²) >= 11 is 0. The number of nitrogens with one attached hydrogen (secondary N) is 3. The van der Waals surface area contributed by atoms with Crippen molar-refractivity contribution in [1.82, 2.24) is 14.9 Å². The number of aliphatic hydroxyl groups excluding tert-OH is 1. The number of anilines is 2. The second kappa shape index (κ2) is 7.63. The second-order valence-electron chi connectivity index (χ2n) is 7.11. The van der Waals surface area contributed by atoms with Crippen LogP contribution in [0.3, 0.4) is 0 Å². The largest absolute Gasteiger partial charge is 0.466 e. The van der Waals surface area contributed by atoms with Crippen molar-refractivity contribution in [2.75, 3.05) is 50.1 Å². The van der Waals surface area contributed by atoms with E-state index >= 15 is 0 Å². The van der Waals surface area contributed by atoms with Crippen LogP contribution >= 0.6 is 0 Å². The highest BCUT2D eigenvalue weighted by molar-refractivity contribution is 6.09. The van der Waals surface area contributed by atoms with Crippen LogP contribution in [0, 0.1) is 0 Å². The van der Waals surface area contributed by atoms with Crippen molar-refractivity contribution in [2.24, 2.45) is 0 Å². The Labute approximate surface area is 166 Å². The van der Waals surface area contributed by atoms with E-state index in [1.54, 1.807) is 6.07 Å². The minimum Gasteiger partial charge on any atom is -0.466 e. The number of esters is 1. The van der Waals surface area contributed by atoms with E-state index in [2.05, 4.69) is 20.2 Å². The van der Waals surface area contributed by atoms with Gasteiger partial charge in [-0.15, -0.1) is 0 Å². The zero-order chi connectivity index (χ0) is 20.5. The number of imidazole rings is 1. The molecule has 0 aliphatic carbocycles. The number of fused-ring (bicyclic) bond motifs is 1. The average molecular weight is 401 g/mol. The highest BCUT2D eigenvalue weighted by Crippen LogP contribution is 2.34. The molecule has 10 nitrogen and oxygen atoms in total. The lowest BCUT2D eigenvalue weighted by molar-refractivity contribution is -0.136. The van der Waals surface area contributed by atoms with Gasteiger partial charge in [-0.05, 0) is 25.0 Å². The first-order valence-electron chi connectivity index (χ1n) is 9.51. The first-order valence-corrected chi connectivity index (χ1v) is 9.51. The fourth-order valence-electron chi connectivity index (χ4n) is 3.87. The van der Waals surface area contributed by atoms with Crippen LogP contribution in [0.2, 0.25) is 0 Å². The zero-order valence-electron chi connectivity index (χ0n) is 16.1. The van der Waals surface area contributed by atoms with Gasteiger partial charge in [-0.1, -0.05) is 0 Å². The molecule has 1 saturated heterocycles. The van der Waals surface area contributed by atoms with Gasteiger partial charge in [-0.3, -0.25) is 4.79 Å². The van der Waals surface area contributed by atoms with E-state index in [9.17, 15) is 19.5 Å². The van der Waals surface area contributed by atoms with Gasteiger partial charge in [0.2, 0.25) is 0 Å². The number of H-pyrrole nitrogens is 2. The normalized spacial score (nSPS) is 17.0. The summed E-state index contributed by atoms with van der Waals surface area (Å²) < 4.78 is 4.84. The van der Waals surface area contributed by atoms with Crippen molar-refractivity contribution < 1.29 is 19.4 Å². The van der Waals surface area contributed by atoms with E-state index in [-0.39, 0.29) is 42.6 Å². The zero-order valence-corrected chi connectivity index (χ0v) is 16.1. The number of carbonyl (C=O) groups is 2. The van der Waals surface area contributed by atoms with Gasteiger partial charge in [0.05, 0.1) is 48.2 Å². The van der Waals surface area contributed by atoms with Crippen molar-refractivity contribution in [3.63, 3.8) is 0 Å². The maximum absolute atomic E-state index is 12.8. The summed E-state index contributed by atoms with van der Waals surface area (Å²) in [6.07, 6.45) is 2.11. The molecule has 0 saturated carbocycles. The number of aromatic nitrogens is 2. The molecule has 2 aromatic rings. The molecule has 154 valence electrons. The Morgan fingerprint density at radius 1 is 1.21 bits per heavy atom. The number of hydrogen-bond acceptors (Lipinski definition) is 7. The fraction of sp³-hybridized carbons (Fsp3) is 0.421. The summed E-state index contributed by atoms with van der Waals surface area (Å²) in [5.74, 6) is -0.977. The second-order valence-corrected chi connectivity index (χ2v) is 7.11. The van der Waals surface area contributed by atoms with E-state index < -0.39 is 5.97 Å². The van der Waals surface area contributed by atoms with Gasteiger partial charge in [-0.25, -0.2) is 9.59 Å². The quantitative estimate of drug-likeness (QED) is 0.506. The molecular formula is C19H23N5O5. The lowest BCUT2D eigenvalue weighted by atomic mass is 10.2. The number of benzene rings is 1. The maximum atomic E-state index is 12.8. The first kappa shape index (κ1) is 19.1. The van der Waals surface area contributed by atoms with E-state index in [1.165, 1.54) is 12.0 Å². The van der Waals surface area contributed by atoms with Crippen molar-refractivity contribution >= 4 is 34.3 Å². The molecule has 29 heavy (non-hydrogen) atoms. The predicted octanol–water partition coefficient (Wildman–Crippen LogP) is 0.130. The SMILES string of the molecule is COC(=O)C1=C(Nc2cc3[nH]c(=O)[nH]c3cc2N2CCCC2)C(=O)N(CCO)C1. The molecule has 0 bridgehead atoms. The summed E-state index contributed by atoms with van der Waals surface area (Å²) in [5.41, 5.74) is 2.75. The minimum absolute atomic E-state index is 0.0662. The topological polar surface area (TPSA) is 131 Å². The molecule has 0 radical (unpaired) electrons. The lowest BCUT2D eigenvalue weighted by Gasteiger charge is -2.23. The summed E-state index contributed by atoms with van der Waals surface area (Å²) in [5, 5.41) is 12.3. The van der Waals surface area contributed by atoms with Gasteiger partial charge >= 0.3 is 11.7 Å². The third-order valence-electron chi connectivity index (χ3n) is 5.29. The van der Waals surface area contributed by atoms with Crippen LogP contribution in [-0.4, -0.2) is 71.7 Å².